The van der Waals surface area contributed by atoms with Crippen LogP contribution in [0.25, 0.3) is 0 Å². The summed E-state index contributed by atoms with van der Waals surface area (Å²) in [4.78, 5) is 0. The summed E-state index contributed by atoms with van der Waals surface area (Å²) in [6.07, 6.45) is 15.8. The third-order valence-electron chi connectivity index (χ3n) is 6.00. The van der Waals surface area contributed by atoms with E-state index in [1.54, 1.807) is 0 Å². The molecule has 1 saturated carbocycles. The number of hydrogen-bond donors (Lipinski definition) is 0. The molecule has 0 aliphatic heterocycles. The van der Waals surface area contributed by atoms with Crippen LogP contribution in [0, 0.1) is 5.92 Å². The van der Waals surface area contributed by atoms with Gasteiger partial charge in [0.1, 0.15) is 0 Å². The van der Waals surface area contributed by atoms with Gasteiger partial charge in [-0.1, -0.05) is 76.1 Å². The summed E-state index contributed by atoms with van der Waals surface area (Å²) in [5, 5.41) is 0. The first-order valence-electron chi connectivity index (χ1n) is 10.8. The standard InChI is InChI=1S/C24H36F2/c1-2-3-4-5-6-7-9-20-12-16-22(17-13-20)23-18-14-21(15-19-23)10-8-11-24(25)26/h11,14-15,18-20,22H,2-10,12-13,16-17H2,1H3/t20-,22-. The summed E-state index contributed by atoms with van der Waals surface area (Å²) >= 11 is 0. The van der Waals surface area contributed by atoms with E-state index in [9.17, 15) is 8.78 Å². The quantitative estimate of drug-likeness (QED) is 0.346. The summed E-state index contributed by atoms with van der Waals surface area (Å²) in [5.74, 6) is 1.65. The zero-order chi connectivity index (χ0) is 18.6. The summed E-state index contributed by atoms with van der Waals surface area (Å²) in [6, 6.07) is 8.70. The zero-order valence-corrected chi connectivity index (χ0v) is 16.5. The van der Waals surface area contributed by atoms with Crippen molar-refractivity contribution in [2.24, 2.45) is 5.92 Å². The number of hydrogen-bond acceptors (Lipinski definition) is 0. The molecule has 1 fully saturated rings. The molecule has 0 saturated heterocycles. The number of rotatable bonds is 11. The fraction of sp³-hybridized carbons (Fsp3) is 0.667. The van der Waals surface area contributed by atoms with Crippen molar-refractivity contribution in [1.29, 1.82) is 0 Å². The predicted molar refractivity (Wildman–Crippen MR) is 108 cm³/mol. The molecule has 0 atom stereocenters. The first-order chi connectivity index (χ1) is 12.7. The molecule has 1 aromatic carbocycles. The molecule has 0 heterocycles. The van der Waals surface area contributed by atoms with E-state index in [4.69, 9.17) is 0 Å². The smallest absolute Gasteiger partial charge is 0.174 e. The van der Waals surface area contributed by atoms with Crippen molar-refractivity contribution in [2.45, 2.75) is 96.3 Å². The van der Waals surface area contributed by atoms with Crippen LogP contribution in [0.5, 0.6) is 0 Å². The molecule has 0 amide bonds. The fourth-order valence-corrected chi connectivity index (χ4v) is 4.30. The highest BCUT2D eigenvalue weighted by atomic mass is 19.3. The van der Waals surface area contributed by atoms with E-state index >= 15 is 0 Å². The van der Waals surface area contributed by atoms with Crippen molar-refractivity contribution in [1.82, 2.24) is 0 Å². The van der Waals surface area contributed by atoms with E-state index in [0.29, 0.717) is 18.8 Å². The minimum absolute atomic E-state index is 0.422. The monoisotopic (exact) mass is 362 g/mol. The van der Waals surface area contributed by atoms with Gasteiger partial charge in [0.15, 0.2) is 0 Å². The Kier molecular flexibility index (Phi) is 9.95. The molecule has 0 N–H and O–H groups in total. The Morgan fingerprint density at radius 2 is 1.58 bits per heavy atom. The van der Waals surface area contributed by atoms with Crippen LogP contribution in [-0.2, 0) is 6.42 Å². The maximum atomic E-state index is 12.1. The summed E-state index contributed by atoms with van der Waals surface area (Å²) < 4.78 is 24.2. The average Bonchev–Trinajstić information content (AvgIpc) is 2.65. The van der Waals surface area contributed by atoms with E-state index in [1.807, 2.05) is 0 Å². The van der Waals surface area contributed by atoms with Gasteiger partial charge in [0, 0.05) is 0 Å². The SMILES string of the molecule is CCCCCCCC[C@H]1CC[C@H](c2ccc(CCC=C(F)F)cc2)CC1. The molecule has 0 unspecified atom stereocenters. The van der Waals surface area contributed by atoms with Crippen molar-refractivity contribution in [3.63, 3.8) is 0 Å². The molecule has 26 heavy (non-hydrogen) atoms. The summed E-state index contributed by atoms with van der Waals surface area (Å²) in [5.41, 5.74) is 2.60. The molecular formula is C24H36F2. The maximum Gasteiger partial charge on any atom is 0.266 e. The number of unbranched alkanes of at least 4 members (excludes halogenated alkanes) is 5. The van der Waals surface area contributed by atoms with Gasteiger partial charge in [0.25, 0.3) is 6.08 Å². The van der Waals surface area contributed by atoms with Gasteiger partial charge in [0.2, 0.25) is 0 Å². The van der Waals surface area contributed by atoms with Crippen LogP contribution in [-0.4, -0.2) is 0 Å². The van der Waals surface area contributed by atoms with Gasteiger partial charge in [-0.2, -0.15) is 8.78 Å². The van der Waals surface area contributed by atoms with Crippen LogP contribution in [0.4, 0.5) is 8.78 Å². The largest absolute Gasteiger partial charge is 0.266 e. The second-order valence-corrected chi connectivity index (χ2v) is 8.05. The third-order valence-corrected chi connectivity index (χ3v) is 6.00. The zero-order valence-electron chi connectivity index (χ0n) is 16.5. The molecule has 146 valence electrons. The van der Waals surface area contributed by atoms with Crippen LogP contribution in [0.2, 0.25) is 0 Å². The van der Waals surface area contributed by atoms with Gasteiger partial charge in [0.05, 0.1) is 0 Å². The fourth-order valence-electron chi connectivity index (χ4n) is 4.30. The van der Waals surface area contributed by atoms with Gasteiger partial charge >= 0.3 is 0 Å². The molecule has 1 aliphatic carbocycles. The minimum atomic E-state index is -1.57. The second-order valence-electron chi connectivity index (χ2n) is 8.05. The third kappa shape index (κ3) is 8.01. The number of halogens is 2. The maximum absolute atomic E-state index is 12.1. The highest BCUT2D eigenvalue weighted by Gasteiger charge is 2.21. The van der Waals surface area contributed by atoms with Gasteiger partial charge < -0.3 is 0 Å². The molecule has 0 aromatic heterocycles. The lowest BCUT2D eigenvalue weighted by atomic mass is 9.77. The number of aryl methyl sites for hydroxylation is 1. The van der Waals surface area contributed by atoms with E-state index < -0.39 is 6.08 Å². The minimum Gasteiger partial charge on any atom is -0.174 e. The molecule has 2 rings (SSSR count). The molecule has 0 spiro atoms. The summed E-state index contributed by atoms with van der Waals surface area (Å²) in [7, 11) is 0. The van der Waals surface area contributed by atoms with E-state index in [2.05, 4.69) is 31.2 Å². The Morgan fingerprint density at radius 1 is 0.923 bits per heavy atom. The predicted octanol–water partition coefficient (Wildman–Crippen LogP) is 8.42. The Hall–Kier alpha value is -1.18. The van der Waals surface area contributed by atoms with E-state index in [1.165, 1.54) is 76.2 Å². The lowest BCUT2D eigenvalue weighted by Gasteiger charge is -2.29. The lowest BCUT2D eigenvalue weighted by molar-refractivity contribution is 0.302. The van der Waals surface area contributed by atoms with Crippen molar-refractivity contribution < 1.29 is 8.78 Å². The average molecular weight is 363 g/mol. The van der Waals surface area contributed by atoms with Crippen molar-refractivity contribution in [3.05, 3.63) is 47.5 Å². The molecule has 0 radical (unpaired) electrons. The van der Waals surface area contributed by atoms with Gasteiger partial charge in [-0.15, -0.1) is 0 Å². The molecule has 1 aromatic rings. The molecule has 0 nitrogen and oxygen atoms in total. The normalized spacial score (nSPS) is 20.1. The molecule has 2 heteroatoms. The van der Waals surface area contributed by atoms with Gasteiger partial charge in [-0.25, -0.2) is 0 Å². The Labute approximate surface area is 159 Å². The van der Waals surface area contributed by atoms with E-state index in [0.717, 1.165) is 17.6 Å². The van der Waals surface area contributed by atoms with Gasteiger partial charge in [-0.3, -0.25) is 0 Å². The first-order valence-corrected chi connectivity index (χ1v) is 10.8. The van der Waals surface area contributed by atoms with Crippen LogP contribution < -0.4 is 0 Å². The van der Waals surface area contributed by atoms with Crippen molar-refractivity contribution in [2.75, 3.05) is 0 Å². The first kappa shape index (κ1) is 21.1. The van der Waals surface area contributed by atoms with Crippen molar-refractivity contribution in [3.8, 4) is 0 Å². The summed E-state index contributed by atoms with van der Waals surface area (Å²) in [6.45, 7) is 2.28. The molecular weight excluding hydrogens is 326 g/mol. The van der Waals surface area contributed by atoms with Crippen LogP contribution in [0.3, 0.4) is 0 Å². The van der Waals surface area contributed by atoms with Crippen LogP contribution in [0.1, 0.15) is 101 Å². The molecule has 0 bridgehead atoms. The highest BCUT2D eigenvalue weighted by molar-refractivity contribution is 5.26. The van der Waals surface area contributed by atoms with Crippen LogP contribution >= 0.6 is 0 Å². The number of allylic oxidation sites excluding steroid dienone is 1. The molecule has 1 aliphatic rings. The van der Waals surface area contributed by atoms with Crippen LogP contribution in [0.15, 0.2) is 36.4 Å². The lowest BCUT2D eigenvalue weighted by Crippen LogP contribution is -2.13. The van der Waals surface area contributed by atoms with Gasteiger partial charge in [-0.05, 0) is 67.6 Å². The topological polar surface area (TPSA) is 0 Å². The Morgan fingerprint density at radius 3 is 2.23 bits per heavy atom. The Balaban J connectivity index is 1.65. The second kappa shape index (κ2) is 12.3. The van der Waals surface area contributed by atoms with E-state index in [-0.39, 0.29) is 0 Å². The number of benzene rings is 1. The Bertz CT molecular complexity index is 506. The van der Waals surface area contributed by atoms with Crippen molar-refractivity contribution >= 4 is 0 Å². The highest BCUT2D eigenvalue weighted by Crippen LogP contribution is 2.37.